The molecule has 0 spiro atoms. The van der Waals surface area contributed by atoms with E-state index in [-0.39, 0.29) is 17.0 Å². The molecule has 1 aliphatic heterocycles. The molecule has 1 N–H and O–H groups in total. The molecule has 6 heteroatoms. The van der Waals surface area contributed by atoms with E-state index in [1.54, 1.807) is 23.8 Å². The number of rotatable bonds is 4. The number of hydrogen-bond donors (Lipinski definition) is 1. The van der Waals surface area contributed by atoms with Gasteiger partial charge in [0.25, 0.3) is 11.5 Å². The van der Waals surface area contributed by atoms with Gasteiger partial charge in [0.15, 0.2) is 17.7 Å². The number of amides is 1. The van der Waals surface area contributed by atoms with E-state index in [0.717, 1.165) is 11.8 Å². The molecule has 1 unspecified atom stereocenters. The summed E-state index contributed by atoms with van der Waals surface area (Å²) in [6.45, 7) is 7.68. The minimum atomic E-state index is -0.423. The number of aromatic nitrogens is 1. The summed E-state index contributed by atoms with van der Waals surface area (Å²) in [5.41, 5.74) is 0.0633. The number of ether oxygens (including phenoxy) is 2. The molecule has 3 rings (SSSR count). The molecule has 1 atom stereocenters. The summed E-state index contributed by atoms with van der Waals surface area (Å²) in [5.74, 6) is 0.784. The second-order valence-corrected chi connectivity index (χ2v) is 7.33. The first kappa shape index (κ1) is 17.3. The van der Waals surface area contributed by atoms with E-state index in [0.29, 0.717) is 23.4 Å². The fraction of sp³-hybridized carbons (Fsp3) is 0.474. The Labute approximate surface area is 146 Å². The molecule has 134 valence electrons. The molecule has 1 aromatic carbocycles. The van der Waals surface area contributed by atoms with Crippen LogP contribution in [0.3, 0.4) is 0 Å². The fourth-order valence-electron chi connectivity index (χ4n) is 3.13. The highest BCUT2D eigenvalue weighted by atomic mass is 16.5. The van der Waals surface area contributed by atoms with Gasteiger partial charge in [0.1, 0.15) is 11.1 Å². The monoisotopic (exact) mass is 344 g/mol. The SMILES string of the molecule is CCCC1Oc2c(OC)ccc3cc(C(=O)NC(C)(C)C)c(=O)n1c23. The van der Waals surface area contributed by atoms with Gasteiger partial charge in [-0.05, 0) is 39.0 Å². The molecular weight excluding hydrogens is 320 g/mol. The highest BCUT2D eigenvalue weighted by molar-refractivity contribution is 5.99. The molecule has 0 saturated heterocycles. The van der Waals surface area contributed by atoms with Gasteiger partial charge in [0.05, 0.1) is 7.11 Å². The summed E-state index contributed by atoms with van der Waals surface area (Å²) in [7, 11) is 1.57. The molecule has 1 amide bonds. The topological polar surface area (TPSA) is 69.6 Å². The highest BCUT2D eigenvalue weighted by Crippen LogP contribution is 2.43. The van der Waals surface area contributed by atoms with Gasteiger partial charge in [-0.2, -0.15) is 0 Å². The summed E-state index contributed by atoms with van der Waals surface area (Å²) in [6, 6.07) is 5.28. The second-order valence-electron chi connectivity index (χ2n) is 7.33. The number of hydrogen-bond acceptors (Lipinski definition) is 4. The van der Waals surface area contributed by atoms with Crippen molar-refractivity contribution in [1.29, 1.82) is 0 Å². The average Bonchev–Trinajstić information content (AvgIpc) is 2.90. The molecule has 0 fully saturated rings. The first-order valence-electron chi connectivity index (χ1n) is 8.52. The third-order valence-electron chi connectivity index (χ3n) is 4.15. The van der Waals surface area contributed by atoms with Crippen LogP contribution in [-0.2, 0) is 0 Å². The molecule has 0 radical (unpaired) electrons. The summed E-state index contributed by atoms with van der Waals surface area (Å²) >= 11 is 0. The summed E-state index contributed by atoms with van der Waals surface area (Å²) < 4.78 is 13.0. The van der Waals surface area contributed by atoms with Crippen molar-refractivity contribution in [2.45, 2.75) is 52.3 Å². The summed E-state index contributed by atoms with van der Waals surface area (Å²) in [4.78, 5) is 25.6. The molecular formula is C19H24N2O4. The van der Waals surface area contributed by atoms with Gasteiger partial charge in [-0.1, -0.05) is 13.3 Å². The van der Waals surface area contributed by atoms with Crippen LogP contribution in [0.25, 0.3) is 10.9 Å². The summed E-state index contributed by atoms with van der Waals surface area (Å²) in [5, 5.41) is 3.65. The average molecular weight is 344 g/mol. The van der Waals surface area contributed by atoms with Crippen LogP contribution in [0.4, 0.5) is 0 Å². The molecule has 2 aromatic rings. The van der Waals surface area contributed by atoms with Crippen LogP contribution in [-0.4, -0.2) is 23.1 Å². The van der Waals surface area contributed by atoms with Crippen molar-refractivity contribution in [2.75, 3.05) is 7.11 Å². The third kappa shape index (κ3) is 2.97. The Kier molecular flexibility index (Phi) is 4.22. The Hall–Kier alpha value is -2.50. The van der Waals surface area contributed by atoms with Gasteiger partial charge in [0, 0.05) is 17.3 Å². The van der Waals surface area contributed by atoms with Gasteiger partial charge < -0.3 is 14.8 Å². The number of carbonyl (C=O) groups is 1. The third-order valence-corrected chi connectivity index (χ3v) is 4.15. The lowest BCUT2D eigenvalue weighted by molar-refractivity contribution is 0.0915. The van der Waals surface area contributed by atoms with E-state index in [1.807, 2.05) is 33.8 Å². The van der Waals surface area contributed by atoms with Crippen molar-refractivity contribution in [3.8, 4) is 11.5 Å². The van der Waals surface area contributed by atoms with Crippen LogP contribution < -0.4 is 20.3 Å². The largest absolute Gasteiger partial charge is 0.493 e. The van der Waals surface area contributed by atoms with Gasteiger partial charge in [-0.15, -0.1) is 0 Å². The fourth-order valence-corrected chi connectivity index (χ4v) is 3.13. The van der Waals surface area contributed by atoms with Crippen molar-refractivity contribution >= 4 is 16.8 Å². The van der Waals surface area contributed by atoms with Gasteiger partial charge in [-0.3, -0.25) is 14.2 Å². The van der Waals surface area contributed by atoms with E-state index in [9.17, 15) is 9.59 Å². The number of nitrogens with one attached hydrogen (secondary N) is 1. The molecule has 0 aliphatic carbocycles. The number of pyridine rings is 1. The van der Waals surface area contributed by atoms with Crippen molar-refractivity contribution in [3.63, 3.8) is 0 Å². The lowest BCUT2D eigenvalue weighted by atomic mass is 10.1. The van der Waals surface area contributed by atoms with Crippen LogP contribution >= 0.6 is 0 Å². The minimum absolute atomic E-state index is 0.130. The molecule has 1 aromatic heterocycles. The lowest BCUT2D eigenvalue weighted by Gasteiger charge is -2.21. The predicted molar refractivity (Wildman–Crippen MR) is 96.6 cm³/mol. The van der Waals surface area contributed by atoms with E-state index in [1.165, 1.54) is 0 Å². The zero-order chi connectivity index (χ0) is 18.4. The first-order chi connectivity index (χ1) is 11.8. The van der Waals surface area contributed by atoms with E-state index in [4.69, 9.17) is 9.47 Å². The van der Waals surface area contributed by atoms with Crippen LogP contribution in [0.1, 0.15) is 57.1 Å². The Bertz CT molecular complexity index is 893. The number of benzene rings is 1. The smallest absolute Gasteiger partial charge is 0.266 e. The van der Waals surface area contributed by atoms with Gasteiger partial charge in [0.2, 0.25) is 0 Å². The Morgan fingerprint density at radius 1 is 1.36 bits per heavy atom. The Morgan fingerprint density at radius 3 is 2.68 bits per heavy atom. The van der Waals surface area contributed by atoms with Crippen LogP contribution in [0, 0.1) is 0 Å². The Balaban J connectivity index is 2.23. The molecule has 6 nitrogen and oxygen atoms in total. The molecule has 1 aliphatic rings. The minimum Gasteiger partial charge on any atom is -0.493 e. The molecule has 0 bridgehead atoms. The van der Waals surface area contributed by atoms with Crippen molar-refractivity contribution in [1.82, 2.24) is 9.88 Å². The van der Waals surface area contributed by atoms with Crippen molar-refractivity contribution in [2.24, 2.45) is 0 Å². The number of nitrogens with zero attached hydrogens (tertiary/aromatic N) is 1. The number of methoxy groups -OCH3 is 1. The second kappa shape index (κ2) is 6.10. The normalized spacial score (nSPS) is 16.0. The van der Waals surface area contributed by atoms with E-state index in [2.05, 4.69) is 5.32 Å². The molecule has 2 heterocycles. The maximum Gasteiger partial charge on any atom is 0.266 e. The quantitative estimate of drug-likeness (QED) is 0.924. The van der Waals surface area contributed by atoms with Gasteiger partial charge in [-0.25, -0.2) is 0 Å². The Morgan fingerprint density at radius 2 is 2.08 bits per heavy atom. The van der Waals surface area contributed by atoms with E-state index >= 15 is 0 Å². The maximum atomic E-state index is 13.0. The predicted octanol–water partition coefficient (Wildman–Crippen LogP) is 3.23. The van der Waals surface area contributed by atoms with Crippen LogP contribution in [0.2, 0.25) is 0 Å². The van der Waals surface area contributed by atoms with Crippen LogP contribution in [0.5, 0.6) is 11.5 Å². The van der Waals surface area contributed by atoms with Crippen LogP contribution in [0.15, 0.2) is 23.0 Å². The molecule has 25 heavy (non-hydrogen) atoms. The molecule has 0 saturated carbocycles. The summed E-state index contributed by atoms with van der Waals surface area (Å²) in [6.07, 6.45) is 1.11. The van der Waals surface area contributed by atoms with E-state index < -0.39 is 11.8 Å². The maximum absolute atomic E-state index is 13.0. The zero-order valence-electron chi connectivity index (χ0n) is 15.3. The zero-order valence-corrected chi connectivity index (χ0v) is 15.3. The first-order valence-corrected chi connectivity index (χ1v) is 8.52. The lowest BCUT2D eigenvalue weighted by Crippen LogP contribution is -2.43. The van der Waals surface area contributed by atoms with Crippen molar-refractivity contribution in [3.05, 3.63) is 34.1 Å². The number of carbonyl (C=O) groups excluding carboxylic acids is 1. The highest BCUT2D eigenvalue weighted by Gasteiger charge is 2.31. The van der Waals surface area contributed by atoms with Gasteiger partial charge >= 0.3 is 0 Å². The van der Waals surface area contributed by atoms with Crippen molar-refractivity contribution < 1.29 is 14.3 Å². The standard InChI is InChI=1S/C19H24N2O4/c1-6-7-14-21-15-11(8-9-13(24-5)16(15)25-14)10-12(18(21)23)17(22)20-19(2,3)4/h8-10,14H,6-7H2,1-5H3,(H,20,22).